The number of rotatable bonds is 6. The average Bonchev–Trinajstić information content (AvgIpc) is 3.17. The molecule has 0 spiro atoms. The van der Waals surface area contributed by atoms with Crippen molar-refractivity contribution in [1.29, 1.82) is 0 Å². The van der Waals surface area contributed by atoms with Gasteiger partial charge in [0, 0.05) is 5.39 Å². The SMILES string of the molecule is CC(C)(C)C(NC(=O)c1ccc2ccccc2c1OCc1nc2ccccc2s1)C(=O)O. The maximum Gasteiger partial charge on any atom is 0.326 e. The predicted octanol–water partition coefficient (Wildman–Crippen LogP) is 5.26. The number of thiazole rings is 1. The van der Waals surface area contributed by atoms with Crippen molar-refractivity contribution in [3.05, 3.63) is 71.2 Å². The van der Waals surface area contributed by atoms with Crippen molar-refractivity contribution in [3.63, 3.8) is 0 Å². The van der Waals surface area contributed by atoms with Gasteiger partial charge in [0.05, 0.1) is 15.8 Å². The molecular formula is C25H24N2O4S. The molecule has 32 heavy (non-hydrogen) atoms. The number of carboxylic acid groups (broad SMARTS) is 1. The van der Waals surface area contributed by atoms with E-state index in [1.54, 1.807) is 26.8 Å². The number of carbonyl (C=O) groups is 2. The fourth-order valence-corrected chi connectivity index (χ4v) is 4.43. The van der Waals surface area contributed by atoms with E-state index in [0.717, 1.165) is 26.0 Å². The summed E-state index contributed by atoms with van der Waals surface area (Å²) in [7, 11) is 0. The Kier molecular flexibility index (Phi) is 5.84. The van der Waals surface area contributed by atoms with Crippen LogP contribution in [0.4, 0.5) is 0 Å². The molecule has 0 bridgehead atoms. The van der Waals surface area contributed by atoms with Crippen molar-refractivity contribution < 1.29 is 19.4 Å². The molecule has 4 aromatic rings. The fraction of sp³-hybridized carbons (Fsp3) is 0.240. The Balaban J connectivity index is 1.69. The van der Waals surface area contributed by atoms with Crippen molar-refractivity contribution in [2.45, 2.75) is 33.4 Å². The minimum absolute atomic E-state index is 0.204. The average molecular weight is 449 g/mol. The molecule has 164 valence electrons. The van der Waals surface area contributed by atoms with E-state index in [1.807, 2.05) is 54.6 Å². The van der Waals surface area contributed by atoms with Gasteiger partial charge in [0.2, 0.25) is 0 Å². The molecule has 0 radical (unpaired) electrons. The number of para-hydroxylation sites is 1. The van der Waals surface area contributed by atoms with Gasteiger partial charge in [-0.1, -0.05) is 63.2 Å². The van der Waals surface area contributed by atoms with Crippen LogP contribution >= 0.6 is 11.3 Å². The monoisotopic (exact) mass is 448 g/mol. The lowest BCUT2D eigenvalue weighted by Crippen LogP contribution is -2.49. The van der Waals surface area contributed by atoms with Gasteiger partial charge in [-0.2, -0.15) is 0 Å². The van der Waals surface area contributed by atoms with Crippen LogP contribution < -0.4 is 10.1 Å². The first kappa shape index (κ1) is 21.8. The summed E-state index contributed by atoms with van der Waals surface area (Å²) >= 11 is 1.54. The second kappa shape index (κ2) is 8.59. The van der Waals surface area contributed by atoms with Gasteiger partial charge in [-0.15, -0.1) is 11.3 Å². The molecule has 0 saturated carbocycles. The zero-order valence-electron chi connectivity index (χ0n) is 18.1. The van der Waals surface area contributed by atoms with Gasteiger partial charge in [0.25, 0.3) is 5.91 Å². The normalized spacial score (nSPS) is 12.6. The number of ether oxygens (including phenoxy) is 1. The second-order valence-corrected chi connectivity index (χ2v) is 9.75. The van der Waals surface area contributed by atoms with Crippen LogP contribution in [0.2, 0.25) is 0 Å². The minimum atomic E-state index is -1.08. The Labute approximate surface area is 189 Å². The van der Waals surface area contributed by atoms with Crippen molar-refractivity contribution in [3.8, 4) is 5.75 Å². The number of fused-ring (bicyclic) bond motifs is 2. The quantitative estimate of drug-likeness (QED) is 0.420. The second-order valence-electron chi connectivity index (χ2n) is 8.64. The van der Waals surface area contributed by atoms with Crippen LogP contribution in [0.25, 0.3) is 21.0 Å². The van der Waals surface area contributed by atoms with Gasteiger partial charge in [0.1, 0.15) is 23.4 Å². The molecule has 7 heteroatoms. The number of hydrogen-bond donors (Lipinski definition) is 2. The summed E-state index contributed by atoms with van der Waals surface area (Å²) in [6, 6.07) is 17.9. The number of carbonyl (C=O) groups excluding carboxylic acids is 1. The van der Waals surface area contributed by atoms with E-state index in [1.165, 1.54) is 11.3 Å². The zero-order valence-corrected chi connectivity index (χ0v) is 18.9. The Hall–Kier alpha value is -3.45. The lowest BCUT2D eigenvalue weighted by Gasteiger charge is -2.28. The molecule has 0 aliphatic heterocycles. The van der Waals surface area contributed by atoms with Crippen molar-refractivity contribution in [2.24, 2.45) is 5.41 Å². The third-order valence-corrected chi connectivity index (χ3v) is 6.20. The van der Waals surface area contributed by atoms with Gasteiger partial charge in [-0.3, -0.25) is 4.79 Å². The summed E-state index contributed by atoms with van der Waals surface area (Å²) in [6.45, 7) is 5.53. The topological polar surface area (TPSA) is 88.5 Å². The molecule has 0 saturated heterocycles. The number of nitrogens with zero attached hydrogens (tertiary/aromatic N) is 1. The Morgan fingerprint density at radius 1 is 1.06 bits per heavy atom. The molecule has 6 nitrogen and oxygen atoms in total. The first-order valence-corrected chi connectivity index (χ1v) is 11.1. The Bertz CT molecular complexity index is 1270. The highest BCUT2D eigenvalue weighted by atomic mass is 32.1. The van der Waals surface area contributed by atoms with Crippen LogP contribution in [0, 0.1) is 5.41 Å². The van der Waals surface area contributed by atoms with E-state index in [9.17, 15) is 14.7 Å². The number of carboxylic acids is 1. The summed E-state index contributed by atoms with van der Waals surface area (Å²) in [5, 5.41) is 14.8. The number of amides is 1. The third-order valence-electron chi connectivity index (χ3n) is 5.19. The Morgan fingerprint density at radius 2 is 1.78 bits per heavy atom. The van der Waals surface area contributed by atoms with Crippen LogP contribution in [-0.2, 0) is 11.4 Å². The molecular weight excluding hydrogens is 424 g/mol. The van der Waals surface area contributed by atoms with Gasteiger partial charge in [0.15, 0.2) is 0 Å². The number of benzene rings is 3. The maximum atomic E-state index is 13.2. The summed E-state index contributed by atoms with van der Waals surface area (Å²) < 4.78 is 7.22. The van der Waals surface area contributed by atoms with Crippen molar-refractivity contribution >= 4 is 44.2 Å². The van der Waals surface area contributed by atoms with Crippen LogP contribution in [0.3, 0.4) is 0 Å². The zero-order chi connectivity index (χ0) is 22.9. The maximum absolute atomic E-state index is 13.2. The molecule has 0 aliphatic carbocycles. The molecule has 4 rings (SSSR count). The molecule has 1 atom stereocenters. The highest BCUT2D eigenvalue weighted by molar-refractivity contribution is 7.18. The highest BCUT2D eigenvalue weighted by Gasteiger charge is 2.33. The van der Waals surface area contributed by atoms with Crippen LogP contribution in [0.1, 0.15) is 36.1 Å². The van der Waals surface area contributed by atoms with Crippen molar-refractivity contribution in [1.82, 2.24) is 10.3 Å². The number of hydrogen-bond acceptors (Lipinski definition) is 5. The molecule has 0 fully saturated rings. The lowest BCUT2D eigenvalue weighted by atomic mass is 9.86. The first-order valence-electron chi connectivity index (χ1n) is 10.3. The van der Waals surface area contributed by atoms with E-state index in [-0.39, 0.29) is 6.61 Å². The highest BCUT2D eigenvalue weighted by Crippen LogP contribution is 2.32. The number of nitrogens with one attached hydrogen (secondary N) is 1. The molecule has 1 heterocycles. The first-order chi connectivity index (χ1) is 15.2. The van der Waals surface area contributed by atoms with Gasteiger partial charge in [-0.25, -0.2) is 9.78 Å². The van der Waals surface area contributed by atoms with Gasteiger partial charge < -0.3 is 15.2 Å². The molecule has 0 aliphatic rings. The van der Waals surface area contributed by atoms with E-state index in [0.29, 0.717) is 11.3 Å². The van der Waals surface area contributed by atoms with E-state index < -0.39 is 23.3 Å². The van der Waals surface area contributed by atoms with Crippen LogP contribution in [0.15, 0.2) is 60.7 Å². The van der Waals surface area contributed by atoms with Crippen LogP contribution in [-0.4, -0.2) is 28.0 Å². The van der Waals surface area contributed by atoms with E-state index in [4.69, 9.17) is 4.74 Å². The summed E-state index contributed by atoms with van der Waals surface area (Å²) in [5.41, 5.74) is 0.544. The predicted molar refractivity (Wildman–Crippen MR) is 126 cm³/mol. The summed E-state index contributed by atoms with van der Waals surface area (Å²) in [6.07, 6.45) is 0. The fourth-order valence-electron chi connectivity index (χ4n) is 3.55. The molecule has 3 aromatic carbocycles. The van der Waals surface area contributed by atoms with Crippen LogP contribution in [0.5, 0.6) is 5.75 Å². The standard InChI is InChI=1S/C25H24N2O4S/c1-25(2,3)22(24(29)30)27-23(28)17-13-12-15-8-4-5-9-16(15)21(17)31-14-20-26-18-10-6-7-11-19(18)32-20/h4-13,22H,14H2,1-3H3,(H,27,28)(H,29,30). The Morgan fingerprint density at radius 3 is 2.50 bits per heavy atom. The lowest BCUT2D eigenvalue weighted by molar-refractivity contribution is -0.142. The molecule has 1 amide bonds. The summed E-state index contributed by atoms with van der Waals surface area (Å²) in [5.74, 6) is -1.15. The summed E-state index contributed by atoms with van der Waals surface area (Å²) in [4.78, 5) is 29.5. The number of aliphatic carboxylic acids is 1. The number of aromatic nitrogens is 1. The van der Waals surface area contributed by atoms with Gasteiger partial charge >= 0.3 is 5.97 Å². The van der Waals surface area contributed by atoms with E-state index in [2.05, 4.69) is 10.3 Å². The molecule has 2 N–H and O–H groups in total. The molecule has 1 aromatic heterocycles. The smallest absolute Gasteiger partial charge is 0.326 e. The van der Waals surface area contributed by atoms with Gasteiger partial charge in [-0.05, 0) is 29.0 Å². The largest absolute Gasteiger partial charge is 0.485 e. The molecule has 1 unspecified atom stereocenters. The third kappa shape index (κ3) is 4.43. The van der Waals surface area contributed by atoms with E-state index >= 15 is 0 Å². The minimum Gasteiger partial charge on any atom is -0.485 e. The van der Waals surface area contributed by atoms with Crippen molar-refractivity contribution in [2.75, 3.05) is 0 Å².